The highest BCUT2D eigenvalue weighted by Crippen LogP contribution is 2.38. The molecule has 2 aromatic carbocycles. The molecule has 0 aliphatic heterocycles. The van der Waals surface area contributed by atoms with E-state index in [-0.39, 0.29) is 10.8 Å². The van der Waals surface area contributed by atoms with Crippen molar-refractivity contribution in [1.82, 2.24) is 0 Å². The molecule has 0 aliphatic rings. The minimum Gasteiger partial charge on any atom is -0.484 e. The Kier molecular flexibility index (Phi) is 5.70. The molecule has 1 amide bonds. The topological polar surface area (TPSA) is 38.3 Å². The van der Waals surface area contributed by atoms with E-state index in [0.29, 0.717) is 0 Å². The molecule has 0 spiro atoms. The zero-order valence-corrected chi connectivity index (χ0v) is 13.5. The molecule has 0 aromatic heterocycles. The highest BCUT2D eigenvalue weighted by molar-refractivity contribution is 6.34. The van der Waals surface area contributed by atoms with Crippen LogP contribution in [-0.2, 0) is 17.1 Å². The Hall–Kier alpha value is -2.42. The Labute approximate surface area is 148 Å². The molecular weight excluding hydrogens is 388 g/mol. The number of benzene rings is 2. The molecular formula is C16H10ClF6NO2. The van der Waals surface area contributed by atoms with Gasteiger partial charge in [-0.05, 0) is 36.4 Å². The largest absolute Gasteiger partial charge is 0.484 e. The number of hydrogen-bond donors (Lipinski definition) is 1. The fraction of sp³-hybridized carbons (Fsp3) is 0.188. The molecule has 1 N–H and O–H groups in total. The Morgan fingerprint density at radius 3 is 2.12 bits per heavy atom. The molecule has 0 bridgehead atoms. The van der Waals surface area contributed by atoms with E-state index in [1.807, 2.05) is 5.32 Å². The highest BCUT2D eigenvalue weighted by Gasteiger charge is 2.35. The van der Waals surface area contributed by atoms with Gasteiger partial charge in [-0.15, -0.1) is 0 Å². The standard InChI is InChI=1S/C16H10ClF6NO2/c17-12-3-1-2-11(16(21,22)23)14(12)24-13(25)8-26-10-6-4-9(5-7-10)15(18,19)20/h1-7H,8H2,(H,24,25). The molecule has 0 fully saturated rings. The summed E-state index contributed by atoms with van der Waals surface area (Å²) >= 11 is 5.69. The second kappa shape index (κ2) is 7.45. The molecule has 140 valence electrons. The first kappa shape index (κ1) is 19.9. The SMILES string of the molecule is O=C(COc1ccc(C(F)(F)F)cc1)Nc1c(Cl)cccc1C(F)(F)F. The van der Waals surface area contributed by atoms with Crippen LogP contribution in [-0.4, -0.2) is 12.5 Å². The van der Waals surface area contributed by atoms with Gasteiger partial charge in [-0.3, -0.25) is 4.79 Å². The van der Waals surface area contributed by atoms with Crippen LogP contribution in [0.25, 0.3) is 0 Å². The summed E-state index contributed by atoms with van der Waals surface area (Å²) in [6, 6.07) is 6.49. The van der Waals surface area contributed by atoms with Gasteiger partial charge in [0.05, 0.1) is 21.8 Å². The summed E-state index contributed by atoms with van der Waals surface area (Å²) in [6.45, 7) is -0.714. The summed E-state index contributed by atoms with van der Waals surface area (Å²) in [5.74, 6) is -1.01. The molecule has 0 saturated heterocycles. The van der Waals surface area contributed by atoms with Gasteiger partial charge >= 0.3 is 12.4 Å². The van der Waals surface area contributed by atoms with E-state index in [1.54, 1.807) is 0 Å². The number of alkyl halides is 6. The lowest BCUT2D eigenvalue weighted by Gasteiger charge is -2.15. The molecule has 2 rings (SSSR count). The average molecular weight is 398 g/mol. The van der Waals surface area contributed by atoms with Gasteiger partial charge in [-0.2, -0.15) is 26.3 Å². The van der Waals surface area contributed by atoms with Crippen molar-refractivity contribution in [2.24, 2.45) is 0 Å². The van der Waals surface area contributed by atoms with Gasteiger partial charge < -0.3 is 10.1 Å². The van der Waals surface area contributed by atoms with Crippen LogP contribution in [0.2, 0.25) is 5.02 Å². The summed E-state index contributed by atoms with van der Waals surface area (Å²) in [7, 11) is 0. The maximum absolute atomic E-state index is 12.9. The van der Waals surface area contributed by atoms with E-state index in [9.17, 15) is 31.1 Å². The predicted octanol–water partition coefficient (Wildman–Crippen LogP) is 5.40. The molecule has 0 atom stereocenters. The molecule has 0 heterocycles. The summed E-state index contributed by atoms with van der Waals surface area (Å²) < 4.78 is 81.1. The van der Waals surface area contributed by atoms with E-state index >= 15 is 0 Å². The van der Waals surface area contributed by atoms with Crippen LogP contribution in [0.5, 0.6) is 5.75 Å². The fourth-order valence-corrected chi connectivity index (χ4v) is 2.17. The van der Waals surface area contributed by atoms with Gasteiger partial charge in [0.1, 0.15) is 5.75 Å². The van der Waals surface area contributed by atoms with Crippen molar-refractivity contribution in [3.63, 3.8) is 0 Å². The van der Waals surface area contributed by atoms with Crippen molar-refractivity contribution >= 4 is 23.2 Å². The fourth-order valence-electron chi connectivity index (χ4n) is 1.95. The van der Waals surface area contributed by atoms with E-state index in [0.717, 1.165) is 36.4 Å². The molecule has 3 nitrogen and oxygen atoms in total. The summed E-state index contributed by atoms with van der Waals surface area (Å²) in [6.07, 6.45) is -9.25. The van der Waals surface area contributed by atoms with E-state index in [4.69, 9.17) is 16.3 Å². The molecule has 0 saturated carbocycles. The number of rotatable bonds is 4. The van der Waals surface area contributed by atoms with Gasteiger partial charge in [0.25, 0.3) is 5.91 Å². The lowest BCUT2D eigenvalue weighted by atomic mass is 10.1. The third-order valence-corrected chi connectivity index (χ3v) is 3.45. The van der Waals surface area contributed by atoms with Crippen LogP contribution in [0.3, 0.4) is 0 Å². The number of halogens is 7. The lowest BCUT2D eigenvalue weighted by molar-refractivity contribution is -0.138. The van der Waals surface area contributed by atoms with Crippen LogP contribution in [0.4, 0.5) is 32.0 Å². The second-order valence-corrected chi connectivity index (χ2v) is 5.43. The Morgan fingerprint density at radius 1 is 0.962 bits per heavy atom. The lowest BCUT2D eigenvalue weighted by Crippen LogP contribution is -2.22. The number of para-hydroxylation sites is 1. The molecule has 0 aliphatic carbocycles. The summed E-state index contributed by atoms with van der Waals surface area (Å²) in [5, 5.41) is 1.68. The molecule has 2 aromatic rings. The average Bonchev–Trinajstić information content (AvgIpc) is 2.53. The van der Waals surface area contributed by atoms with Crippen molar-refractivity contribution in [1.29, 1.82) is 0 Å². The van der Waals surface area contributed by atoms with Crippen molar-refractivity contribution in [2.45, 2.75) is 12.4 Å². The van der Waals surface area contributed by atoms with Gasteiger partial charge in [0.2, 0.25) is 0 Å². The molecule has 0 unspecified atom stereocenters. The van der Waals surface area contributed by atoms with E-state index in [2.05, 4.69) is 0 Å². The third-order valence-electron chi connectivity index (χ3n) is 3.14. The van der Waals surface area contributed by atoms with Crippen LogP contribution in [0, 0.1) is 0 Å². The van der Waals surface area contributed by atoms with Crippen LogP contribution in [0.1, 0.15) is 11.1 Å². The minimum atomic E-state index is -4.73. The van der Waals surface area contributed by atoms with Gasteiger partial charge in [0, 0.05) is 0 Å². The van der Waals surface area contributed by atoms with Crippen molar-refractivity contribution in [3.05, 3.63) is 58.6 Å². The number of carbonyl (C=O) groups is 1. The van der Waals surface area contributed by atoms with Gasteiger partial charge in [0.15, 0.2) is 6.61 Å². The van der Waals surface area contributed by atoms with Gasteiger partial charge in [-0.25, -0.2) is 0 Å². The van der Waals surface area contributed by atoms with Crippen molar-refractivity contribution in [2.75, 3.05) is 11.9 Å². The number of carbonyl (C=O) groups excluding carboxylic acids is 1. The first-order chi connectivity index (χ1) is 12.0. The maximum Gasteiger partial charge on any atom is 0.418 e. The quantitative estimate of drug-likeness (QED) is 0.702. The van der Waals surface area contributed by atoms with Crippen LogP contribution < -0.4 is 10.1 Å². The summed E-state index contributed by atoms with van der Waals surface area (Å²) in [5.41, 5.74) is -2.66. The van der Waals surface area contributed by atoms with Crippen molar-refractivity contribution in [3.8, 4) is 5.75 Å². The zero-order valence-electron chi connectivity index (χ0n) is 12.7. The Morgan fingerprint density at radius 2 is 1.58 bits per heavy atom. The predicted molar refractivity (Wildman–Crippen MR) is 82.0 cm³/mol. The second-order valence-electron chi connectivity index (χ2n) is 5.02. The van der Waals surface area contributed by atoms with Crippen LogP contribution in [0.15, 0.2) is 42.5 Å². The van der Waals surface area contributed by atoms with Crippen molar-refractivity contribution < 1.29 is 35.9 Å². The molecule has 0 radical (unpaired) electrons. The van der Waals surface area contributed by atoms with E-state index < -0.39 is 41.7 Å². The Bertz CT molecular complexity index is 787. The highest BCUT2D eigenvalue weighted by atomic mass is 35.5. The minimum absolute atomic E-state index is 0.0525. The number of nitrogens with one attached hydrogen (secondary N) is 1. The molecule has 26 heavy (non-hydrogen) atoms. The zero-order chi connectivity index (χ0) is 19.5. The number of ether oxygens (including phenoxy) is 1. The normalized spacial score (nSPS) is 12.0. The maximum atomic E-state index is 12.9. The Balaban J connectivity index is 2.04. The monoisotopic (exact) mass is 397 g/mol. The third kappa shape index (κ3) is 5.04. The number of hydrogen-bond acceptors (Lipinski definition) is 2. The number of anilines is 1. The first-order valence-electron chi connectivity index (χ1n) is 6.94. The van der Waals surface area contributed by atoms with Crippen LogP contribution >= 0.6 is 11.6 Å². The summed E-state index contributed by atoms with van der Waals surface area (Å²) in [4.78, 5) is 11.8. The number of amides is 1. The van der Waals surface area contributed by atoms with E-state index in [1.165, 1.54) is 6.07 Å². The van der Waals surface area contributed by atoms with Gasteiger partial charge in [-0.1, -0.05) is 17.7 Å². The smallest absolute Gasteiger partial charge is 0.418 e. The first-order valence-corrected chi connectivity index (χ1v) is 7.32. The molecule has 10 heteroatoms.